The molecule has 146 valence electrons. The van der Waals surface area contributed by atoms with E-state index in [4.69, 9.17) is 4.74 Å². The maximum absolute atomic E-state index is 14.2. The predicted octanol–water partition coefficient (Wildman–Crippen LogP) is 4.26. The summed E-state index contributed by atoms with van der Waals surface area (Å²) in [5.74, 6) is 1.41. The van der Waals surface area contributed by atoms with Gasteiger partial charge in [0.15, 0.2) is 11.0 Å². The number of hydrogen-bond acceptors (Lipinski definition) is 5. The summed E-state index contributed by atoms with van der Waals surface area (Å²) in [6.07, 6.45) is 1.42. The second-order valence-corrected chi connectivity index (χ2v) is 7.97. The maximum atomic E-state index is 14.2. The third kappa shape index (κ3) is 4.36. The Hall–Kier alpha value is -2.38. The van der Waals surface area contributed by atoms with Crippen molar-refractivity contribution in [3.05, 3.63) is 59.9 Å². The average molecular weight is 399 g/mol. The Morgan fingerprint density at radius 1 is 1.21 bits per heavy atom. The Kier molecular flexibility index (Phi) is 5.64. The van der Waals surface area contributed by atoms with Crippen LogP contribution in [0.15, 0.2) is 53.7 Å². The van der Waals surface area contributed by atoms with Gasteiger partial charge in [-0.2, -0.15) is 0 Å². The molecule has 1 aromatic heterocycles. The summed E-state index contributed by atoms with van der Waals surface area (Å²) in [7, 11) is 0. The molecule has 1 aliphatic rings. The average Bonchev–Trinajstić information content (AvgIpc) is 3.44. The van der Waals surface area contributed by atoms with Gasteiger partial charge in [-0.15, -0.1) is 10.2 Å². The Balaban J connectivity index is 1.42. The number of aliphatic hydroxyl groups is 1. The van der Waals surface area contributed by atoms with E-state index in [1.807, 2.05) is 35.8 Å². The highest BCUT2D eigenvalue weighted by molar-refractivity contribution is 7.99. The van der Waals surface area contributed by atoms with Crippen LogP contribution in [0.5, 0.6) is 5.75 Å². The van der Waals surface area contributed by atoms with Crippen molar-refractivity contribution in [2.45, 2.75) is 37.1 Å². The van der Waals surface area contributed by atoms with Crippen LogP contribution >= 0.6 is 11.8 Å². The molecule has 5 nitrogen and oxygen atoms in total. The van der Waals surface area contributed by atoms with Gasteiger partial charge in [0.05, 0.1) is 11.7 Å². The van der Waals surface area contributed by atoms with Gasteiger partial charge in [-0.1, -0.05) is 36.0 Å². The number of aryl methyl sites for hydroxylation is 1. The maximum Gasteiger partial charge on any atom is 0.191 e. The van der Waals surface area contributed by atoms with E-state index in [9.17, 15) is 9.50 Å². The van der Waals surface area contributed by atoms with Crippen molar-refractivity contribution >= 4 is 11.8 Å². The van der Waals surface area contributed by atoms with Crippen molar-refractivity contribution < 1.29 is 14.2 Å². The van der Waals surface area contributed by atoms with E-state index < -0.39 is 6.10 Å². The number of aromatic nitrogens is 3. The fraction of sp³-hybridized carbons (Fsp3) is 0.333. The number of hydrogen-bond donors (Lipinski definition) is 1. The molecule has 7 heteroatoms. The van der Waals surface area contributed by atoms with Crippen LogP contribution in [0.4, 0.5) is 4.39 Å². The minimum Gasteiger partial charge on any atom is -0.491 e. The van der Waals surface area contributed by atoms with Gasteiger partial charge >= 0.3 is 0 Å². The third-order valence-corrected chi connectivity index (χ3v) is 5.62. The zero-order valence-corrected chi connectivity index (χ0v) is 16.4. The molecule has 0 unspecified atom stereocenters. The quantitative estimate of drug-likeness (QED) is 0.574. The van der Waals surface area contributed by atoms with Gasteiger partial charge in [-0.05, 0) is 49.6 Å². The van der Waals surface area contributed by atoms with Crippen molar-refractivity contribution in [2.75, 3.05) is 12.4 Å². The summed E-state index contributed by atoms with van der Waals surface area (Å²) in [6, 6.07) is 14.6. The minimum absolute atomic E-state index is 0.203. The van der Waals surface area contributed by atoms with Crippen LogP contribution in [0.2, 0.25) is 0 Å². The molecule has 1 saturated carbocycles. The molecule has 2 aromatic carbocycles. The van der Waals surface area contributed by atoms with Gasteiger partial charge in [0, 0.05) is 11.8 Å². The highest BCUT2D eigenvalue weighted by Gasteiger charge is 2.31. The molecule has 0 amide bonds. The summed E-state index contributed by atoms with van der Waals surface area (Å²) < 4.78 is 21.9. The van der Waals surface area contributed by atoms with Gasteiger partial charge in [0.2, 0.25) is 0 Å². The van der Waals surface area contributed by atoms with Gasteiger partial charge in [0.1, 0.15) is 18.2 Å². The first-order valence-electron chi connectivity index (χ1n) is 9.32. The van der Waals surface area contributed by atoms with Crippen LogP contribution in [0.25, 0.3) is 11.4 Å². The first-order valence-corrected chi connectivity index (χ1v) is 10.3. The van der Waals surface area contributed by atoms with Crippen LogP contribution in [0.1, 0.15) is 24.4 Å². The lowest BCUT2D eigenvalue weighted by Gasteiger charge is -2.13. The number of ether oxygens (including phenoxy) is 1. The molecule has 1 heterocycles. The molecule has 3 aromatic rings. The first-order chi connectivity index (χ1) is 13.6. The van der Waals surface area contributed by atoms with E-state index in [1.165, 1.54) is 17.8 Å². The Morgan fingerprint density at radius 2 is 2.04 bits per heavy atom. The van der Waals surface area contributed by atoms with Crippen LogP contribution in [0, 0.1) is 12.7 Å². The topological polar surface area (TPSA) is 60.2 Å². The van der Waals surface area contributed by atoms with Crippen LogP contribution in [-0.2, 0) is 0 Å². The Morgan fingerprint density at radius 3 is 2.79 bits per heavy atom. The van der Waals surface area contributed by atoms with Crippen LogP contribution in [0.3, 0.4) is 0 Å². The standard InChI is InChI=1S/C21H22FN3O2S/c1-14-5-4-6-17(11-14)27-12-16(26)13-28-21-24-23-20(25(21)15-9-10-15)18-7-2-3-8-19(18)22/h2-8,11,15-16,26H,9-10,12-13H2,1H3/t16-/m0/s1. The number of aliphatic hydroxyl groups excluding tert-OH is 1. The van der Waals surface area contributed by atoms with Gasteiger partial charge in [-0.25, -0.2) is 4.39 Å². The molecule has 0 bridgehead atoms. The van der Waals surface area contributed by atoms with Gasteiger partial charge < -0.3 is 9.84 Å². The van der Waals surface area contributed by atoms with E-state index in [-0.39, 0.29) is 12.4 Å². The number of benzene rings is 2. The van der Waals surface area contributed by atoms with Crippen molar-refractivity contribution in [3.63, 3.8) is 0 Å². The van der Waals surface area contributed by atoms with Crippen molar-refractivity contribution in [1.82, 2.24) is 14.8 Å². The molecule has 1 fully saturated rings. The number of nitrogens with zero attached hydrogens (tertiary/aromatic N) is 3. The number of thioether (sulfide) groups is 1. The molecule has 0 saturated heterocycles. The van der Waals surface area contributed by atoms with Gasteiger partial charge in [-0.3, -0.25) is 4.57 Å². The summed E-state index contributed by atoms with van der Waals surface area (Å²) in [5, 5.41) is 19.5. The molecule has 0 radical (unpaired) electrons. The molecular formula is C21H22FN3O2S. The lowest BCUT2D eigenvalue weighted by molar-refractivity contribution is 0.126. The predicted molar refractivity (Wildman–Crippen MR) is 107 cm³/mol. The smallest absolute Gasteiger partial charge is 0.191 e. The summed E-state index contributed by atoms with van der Waals surface area (Å²) in [5.41, 5.74) is 1.57. The highest BCUT2D eigenvalue weighted by Crippen LogP contribution is 2.41. The molecule has 1 N–H and O–H groups in total. The third-order valence-electron chi connectivity index (χ3n) is 4.53. The molecule has 4 rings (SSSR count). The fourth-order valence-electron chi connectivity index (χ4n) is 2.98. The van der Waals surface area contributed by atoms with E-state index in [1.54, 1.807) is 18.2 Å². The minimum atomic E-state index is -0.647. The molecular weight excluding hydrogens is 377 g/mol. The summed E-state index contributed by atoms with van der Waals surface area (Å²) >= 11 is 1.42. The van der Waals surface area contributed by atoms with Crippen molar-refractivity contribution in [2.24, 2.45) is 0 Å². The highest BCUT2D eigenvalue weighted by atomic mass is 32.2. The SMILES string of the molecule is Cc1cccc(OC[C@H](O)CSc2nnc(-c3ccccc3F)n2C2CC2)c1. The van der Waals surface area contributed by atoms with E-state index in [0.717, 1.165) is 24.2 Å². The number of halogens is 1. The lowest BCUT2D eigenvalue weighted by Crippen LogP contribution is -2.20. The van der Waals surface area contributed by atoms with E-state index >= 15 is 0 Å². The van der Waals surface area contributed by atoms with Crippen molar-refractivity contribution in [3.8, 4) is 17.1 Å². The van der Waals surface area contributed by atoms with Gasteiger partial charge in [0.25, 0.3) is 0 Å². The largest absolute Gasteiger partial charge is 0.491 e. The zero-order chi connectivity index (χ0) is 19.5. The number of rotatable bonds is 8. The lowest BCUT2D eigenvalue weighted by atomic mass is 10.2. The van der Waals surface area contributed by atoms with Crippen molar-refractivity contribution in [1.29, 1.82) is 0 Å². The van der Waals surface area contributed by atoms with Crippen LogP contribution in [-0.4, -0.2) is 38.3 Å². The Labute approximate surface area is 167 Å². The van der Waals surface area contributed by atoms with E-state index in [2.05, 4.69) is 10.2 Å². The molecule has 28 heavy (non-hydrogen) atoms. The molecule has 1 aliphatic carbocycles. The normalized spacial score (nSPS) is 14.8. The first kappa shape index (κ1) is 19.0. The summed E-state index contributed by atoms with van der Waals surface area (Å²) in [6.45, 7) is 2.20. The van der Waals surface area contributed by atoms with E-state index in [0.29, 0.717) is 28.3 Å². The van der Waals surface area contributed by atoms with Crippen LogP contribution < -0.4 is 4.74 Å². The molecule has 0 aliphatic heterocycles. The monoisotopic (exact) mass is 399 g/mol. The summed E-state index contributed by atoms with van der Waals surface area (Å²) in [4.78, 5) is 0. The second kappa shape index (κ2) is 8.32. The molecule has 1 atom stereocenters. The Bertz CT molecular complexity index is 958. The molecule has 0 spiro atoms. The second-order valence-electron chi connectivity index (χ2n) is 6.98. The zero-order valence-electron chi connectivity index (χ0n) is 15.6. The fourth-order valence-corrected chi connectivity index (χ4v) is 3.89.